The van der Waals surface area contributed by atoms with Crippen LogP contribution in [0.3, 0.4) is 0 Å². The SMILES string of the molecule is COc1cccc(C(N)c2cscn2)c1F. The Bertz CT molecular complexity index is 473. The summed E-state index contributed by atoms with van der Waals surface area (Å²) >= 11 is 1.43. The zero-order chi connectivity index (χ0) is 11.5. The minimum absolute atomic E-state index is 0.197. The lowest BCUT2D eigenvalue weighted by atomic mass is 10.0. The van der Waals surface area contributed by atoms with Gasteiger partial charge in [0, 0.05) is 10.9 Å². The third-order valence-electron chi connectivity index (χ3n) is 2.32. The summed E-state index contributed by atoms with van der Waals surface area (Å²) < 4.78 is 18.8. The lowest BCUT2D eigenvalue weighted by molar-refractivity contribution is 0.383. The molecule has 0 aliphatic rings. The monoisotopic (exact) mass is 238 g/mol. The normalized spacial score (nSPS) is 12.4. The molecular formula is C11H11FN2OS. The summed E-state index contributed by atoms with van der Waals surface area (Å²) in [5.74, 6) is -0.228. The second-order valence-corrected chi connectivity index (χ2v) is 3.97. The number of aromatic nitrogens is 1. The summed E-state index contributed by atoms with van der Waals surface area (Å²) in [6.07, 6.45) is 0. The molecule has 3 nitrogen and oxygen atoms in total. The van der Waals surface area contributed by atoms with Crippen molar-refractivity contribution in [2.45, 2.75) is 6.04 Å². The van der Waals surface area contributed by atoms with Crippen LogP contribution in [-0.4, -0.2) is 12.1 Å². The maximum Gasteiger partial charge on any atom is 0.170 e. The summed E-state index contributed by atoms with van der Waals surface area (Å²) in [7, 11) is 1.43. The Balaban J connectivity index is 2.41. The topological polar surface area (TPSA) is 48.1 Å². The highest BCUT2D eigenvalue weighted by molar-refractivity contribution is 7.07. The van der Waals surface area contributed by atoms with E-state index in [4.69, 9.17) is 10.5 Å². The van der Waals surface area contributed by atoms with E-state index in [9.17, 15) is 4.39 Å². The van der Waals surface area contributed by atoms with Gasteiger partial charge in [0.2, 0.25) is 0 Å². The van der Waals surface area contributed by atoms with Crippen molar-refractivity contribution in [3.8, 4) is 5.75 Å². The lowest BCUT2D eigenvalue weighted by Crippen LogP contribution is -2.14. The Morgan fingerprint density at radius 2 is 2.31 bits per heavy atom. The van der Waals surface area contributed by atoms with Crippen LogP contribution < -0.4 is 10.5 Å². The number of ether oxygens (including phenoxy) is 1. The third kappa shape index (κ3) is 1.91. The largest absolute Gasteiger partial charge is 0.494 e. The fourth-order valence-electron chi connectivity index (χ4n) is 1.46. The van der Waals surface area contributed by atoms with Gasteiger partial charge < -0.3 is 10.5 Å². The highest BCUT2D eigenvalue weighted by atomic mass is 32.1. The van der Waals surface area contributed by atoms with Gasteiger partial charge in [-0.05, 0) is 6.07 Å². The number of rotatable bonds is 3. The van der Waals surface area contributed by atoms with Crippen LogP contribution in [0.25, 0.3) is 0 Å². The van der Waals surface area contributed by atoms with Crippen molar-refractivity contribution in [2.24, 2.45) is 5.73 Å². The number of methoxy groups -OCH3 is 1. The average molecular weight is 238 g/mol. The maximum atomic E-state index is 13.9. The van der Waals surface area contributed by atoms with E-state index in [-0.39, 0.29) is 5.75 Å². The molecule has 1 heterocycles. The second-order valence-electron chi connectivity index (χ2n) is 3.25. The molecule has 0 spiro atoms. The maximum absolute atomic E-state index is 13.9. The van der Waals surface area contributed by atoms with Gasteiger partial charge in [-0.25, -0.2) is 9.37 Å². The molecule has 1 aromatic heterocycles. The van der Waals surface area contributed by atoms with E-state index in [0.29, 0.717) is 11.3 Å². The third-order valence-corrected chi connectivity index (χ3v) is 2.92. The number of hydrogen-bond donors (Lipinski definition) is 1. The van der Waals surface area contributed by atoms with Gasteiger partial charge in [-0.15, -0.1) is 11.3 Å². The van der Waals surface area contributed by atoms with Crippen molar-refractivity contribution in [1.29, 1.82) is 0 Å². The molecule has 84 valence electrons. The van der Waals surface area contributed by atoms with Gasteiger partial charge in [-0.3, -0.25) is 0 Å². The van der Waals surface area contributed by atoms with Gasteiger partial charge in [0.15, 0.2) is 11.6 Å². The predicted molar refractivity (Wildman–Crippen MR) is 61.1 cm³/mol. The Labute approximate surface area is 96.7 Å². The Morgan fingerprint density at radius 1 is 1.50 bits per heavy atom. The van der Waals surface area contributed by atoms with Crippen molar-refractivity contribution in [2.75, 3.05) is 7.11 Å². The van der Waals surface area contributed by atoms with E-state index in [2.05, 4.69) is 4.98 Å². The molecule has 5 heteroatoms. The molecular weight excluding hydrogens is 227 g/mol. The van der Waals surface area contributed by atoms with Gasteiger partial charge in [0.1, 0.15) is 0 Å². The first-order valence-corrected chi connectivity index (χ1v) is 5.64. The quantitative estimate of drug-likeness (QED) is 0.892. The molecule has 2 N–H and O–H groups in total. The van der Waals surface area contributed by atoms with Gasteiger partial charge in [-0.1, -0.05) is 12.1 Å². The number of benzene rings is 1. The highest BCUT2D eigenvalue weighted by Crippen LogP contribution is 2.27. The fraction of sp³-hybridized carbons (Fsp3) is 0.182. The summed E-state index contributed by atoms with van der Waals surface area (Å²) in [4.78, 5) is 4.08. The Kier molecular flexibility index (Phi) is 3.17. The van der Waals surface area contributed by atoms with Crippen LogP contribution in [0.5, 0.6) is 5.75 Å². The zero-order valence-corrected chi connectivity index (χ0v) is 9.50. The smallest absolute Gasteiger partial charge is 0.170 e. The number of nitrogens with zero attached hydrogens (tertiary/aromatic N) is 1. The zero-order valence-electron chi connectivity index (χ0n) is 8.68. The van der Waals surface area contributed by atoms with E-state index >= 15 is 0 Å². The van der Waals surface area contributed by atoms with Crippen LogP contribution in [0.4, 0.5) is 4.39 Å². The van der Waals surface area contributed by atoms with Crippen molar-refractivity contribution in [1.82, 2.24) is 4.98 Å². The van der Waals surface area contributed by atoms with E-state index in [1.165, 1.54) is 18.4 Å². The van der Waals surface area contributed by atoms with Crippen LogP contribution in [0.15, 0.2) is 29.1 Å². The molecule has 1 aromatic carbocycles. The minimum atomic E-state index is -0.554. The molecule has 2 aromatic rings. The van der Waals surface area contributed by atoms with E-state index in [1.807, 2.05) is 5.38 Å². The van der Waals surface area contributed by atoms with Gasteiger partial charge in [0.05, 0.1) is 24.4 Å². The Hall–Kier alpha value is -1.46. The first-order valence-electron chi connectivity index (χ1n) is 4.70. The first-order chi connectivity index (χ1) is 7.74. The molecule has 0 radical (unpaired) electrons. The summed E-state index contributed by atoms with van der Waals surface area (Å²) in [5, 5.41) is 1.81. The average Bonchev–Trinajstić information content (AvgIpc) is 2.82. The van der Waals surface area contributed by atoms with E-state index in [1.54, 1.807) is 23.7 Å². The van der Waals surface area contributed by atoms with Crippen molar-refractivity contribution in [3.63, 3.8) is 0 Å². The second kappa shape index (κ2) is 4.59. The van der Waals surface area contributed by atoms with Crippen LogP contribution in [-0.2, 0) is 0 Å². The predicted octanol–water partition coefficient (Wildman–Crippen LogP) is 2.34. The fourth-order valence-corrected chi connectivity index (χ4v) is 2.05. The van der Waals surface area contributed by atoms with E-state index < -0.39 is 11.9 Å². The number of nitrogens with two attached hydrogens (primary N) is 1. The summed E-state index contributed by atoms with van der Waals surface area (Å²) in [6.45, 7) is 0. The van der Waals surface area contributed by atoms with Gasteiger partial charge in [-0.2, -0.15) is 0 Å². The molecule has 1 atom stereocenters. The summed E-state index contributed by atoms with van der Waals surface area (Å²) in [5.41, 5.74) is 8.67. The van der Waals surface area contributed by atoms with Crippen LogP contribution in [0.2, 0.25) is 0 Å². The number of halogens is 1. The number of hydrogen-bond acceptors (Lipinski definition) is 4. The van der Waals surface area contributed by atoms with Crippen molar-refractivity contribution in [3.05, 3.63) is 46.2 Å². The molecule has 2 rings (SSSR count). The van der Waals surface area contributed by atoms with E-state index in [0.717, 1.165) is 0 Å². The van der Waals surface area contributed by atoms with Crippen molar-refractivity contribution >= 4 is 11.3 Å². The standard InChI is InChI=1S/C11H11FN2OS/c1-15-9-4-2-3-7(10(9)12)11(13)8-5-16-6-14-8/h2-6,11H,13H2,1H3. The molecule has 0 saturated heterocycles. The molecule has 0 fully saturated rings. The number of thiazole rings is 1. The summed E-state index contributed by atoms with van der Waals surface area (Å²) in [6, 6.07) is 4.36. The van der Waals surface area contributed by atoms with Crippen LogP contribution >= 0.6 is 11.3 Å². The van der Waals surface area contributed by atoms with Crippen LogP contribution in [0.1, 0.15) is 17.3 Å². The van der Waals surface area contributed by atoms with Crippen LogP contribution in [0, 0.1) is 5.82 Å². The molecule has 0 amide bonds. The van der Waals surface area contributed by atoms with Gasteiger partial charge in [0.25, 0.3) is 0 Å². The highest BCUT2D eigenvalue weighted by Gasteiger charge is 2.17. The molecule has 0 bridgehead atoms. The lowest BCUT2D eigenvalue weighted by Gasteiger charge is -2.12. The molecule has 1 unspecified atom stereocenters. The first kappa shape index (κ1) is 11.0. The minimum Gasteiger partial charge on any atom is -0.494 e. The Morgan fingerprint density at radius 3 is 2.94 bits per heavy atom. The molecule has 0 aliphatic heterocycles. The molecule has 0 saturated carbocycles. The molecule has 16 heavy (non-hydrogen) atoms. The van der Waals surface area contributed by atoms with Crippen molar-refractivity contribution < 1.29 is 9.13 Å². The molecule has 0 aliphatic carbocycles. The van der Waals surface area contributed by atoms with Gasteiger partial charge >= 0.3 is 0 Å².